The SMILES string of the molecule is CC(C)[C@H](N)C(=O)N1CCCC(c2n[nH]c(C3CC3)n2)C1. The molecule has 1 saturated carbocycles. The number of nitrogens with zero attached hydrogens (tertiary/aromatic N) is 3. The van der Waals surface area contributed by atoms with Gasteiger partial charge < -0.3 is 10.6 Å². The van der Waals surface area contributed by atoms with Crippen LogP contribution in [0, 0.1) is 5.92 Å². The summed E-state index contributed by atoms with van der Waals surface area (Å²) in [6.45, 7) is 5.47. The van der Waals surface area contributed by atoms with E-state index < -0.39 is 6.04 Å². The third-order valence-corrected chi connectivity index (χ3v) is 4.59. The Morgan fingerprint density at radius 1 is 1.33 bits per heavy atom. The molecule has 0 aromatic carbocycles. The molecule has 0 radical (unpaired) electrons. The number of amides is 1. The normalized spacial score (nSPS) is 24.4. The molecule has 0 bridgehead atoms. The molecule has 3 N–H and O–H groups in total. The second-order valence-corrected chi connectivity index (χ2v) is 6.75. The van der Waals surface area contributed by atoms with Crippen LogP contribution >= 0.6 is 0 Å². The topological polar surface area (TPSA) is 87.9 Å². The van der Waals surface area contributed by atoms with Crippen molar-refractivity contribution in [2.45, 2.75) is 57.4 Å². The van der Waals surface area contributed by atoms with Crippen LogP contribution in [0.2, 0.25) is 0 Å². The van der Waals surface area contributed by atoms with Crippen LogP contribution in [0.1, 0.15) is 63.0 Å². The van der Waals surface area contributed by atoms with Gasteiger partial charge in [0.25, 0.3) is 0 Å². The van der Waals surface area contributed by atoms with Gasteiger partial charge in [-0.2, -0.15) is 5.10 Å². The monoisotopic (exact) mass is 291 g/mol. The molecule has 1 amide bonds. The summed E-state index contributed by atoms with van der Waals surface area (Å²) in [5, 5.41) is 7.43. The highest BCUT2D eigenvalue weighted by atomic mass is 16.2. The first-order chi connectivity index (χ1) is 10.1. The summed E-state index contributed by atoms with van der Waals surface area (Å²) in [4.78, 5) is 18.9. The van der Waals surface area contributed by atoms with Crippen LogP contribution in [0.4, 0.5) is 0 Å². The van der Waals surface area contributed by atoms with Gasteiger partial charge in [-0.15, -0.1) is 0 Å². The summed E-state index contributed by atoms with van der Waals surface area (Å²) >= 11 is 0. The largest absolute Gasteiger partial charge is 0.341 e. The third-order valence-electron chi connectivity index (χ3n) is 4.59. The van der Waals surface area contributed by atoms with Gasteiger partial charge in [-0.25, -0.2) is 4.98 Å². The zero-order valence-corrected chi connectivity index (χ0v) is 12.9. The second kappa shape index (κ2) is 5.75. The highest BCUT2D eigenvalue weighted by Crippen LogP contribution is 2.38. The van der Waals surface area contributed by atoms with Gasteiger partial charge in [-0.05, 0) is 31.6 Å². The zero-order valence-electron chi connectivity index (χ0n) is 12.9. The average Bonchev–Trinajstić information content (AvgIpc) is 3.23. The molecule has 2 heterocycles. The van der Waals surface area contributed by atoms with Crippen molar-refractivity contribution in [1.29, 1.82) is 0 Å². The zero-order chi connectivity index (χ0) is 15.0. The van der Waals surface area contributed by atoms with Crippen molar-refractivity contribution in [3.05, 3.63) is 11.6 Å². The lowest BCUT2D eigenvalue weighted by atomic mass is 9.95. The quantitative estimate of drug-likeness (QED) is 0.877. The van der Waals surface area contributed by atoms with Crippen LogP contribution in [0.5, 0.6) is 0 Å². The summed E-state index contributed by atoms with van der Waals surface area (Å²) in [6, 6.07) is -0.405. The van der Waals surface area contributed by atoms with Crippen LogP contribution in [0.3, 0.4) is 0 Å². The Hall–Kier alpha value is -1.43. The molecule has 6 heteroatoms. The minimum Gasteiger partial charge on any atom is -0.341 e. The number of carbonyl (C=O) groups is 1. The molecule has 1 aromatic heterocycles. The first-order valence-corrected chi connectivity index (χ1v) is 8.02. The fourth-order valence-electron chi connectivity index (χ4n) is 2.89. The summed E-state index contributed by atoms with van der Waals surface area (Å²) in [5.74, 6) is 2.95. The molecule has 1 aromatic rings. The summed E-state index contributed by atoms with van der Waals surface area (Å²) < 4.78 is 0. The van der Waals surface area contributed by atoms with E-state index in [1.54, 1.807) is 0 Å². The van der Waals surface area contributed by atoms with E-state index in [4.69, 9.17) is 5.73 Å². The second-order valence-electron chi connectivity index (χ2n) is 6.75. The number of hydrogen-bond acceptors (Lipinski definition) is 4. The summed E-state index contributed by atoms with van der Waals surface area (Å²) in [6.07, 6.45) is 4.47. The molecule has 3 rings (SSSR count). The van der Waals surface area contributed by atoms with Crippen LogP contribution in [0.25, 0.3) is 0 Å². The number of nitrogens with two attached hydrogens (primary N) is 1. The van der Waals surface area contributed by atoms with Crippen molar-refractivity contribution in [1.82, 2.24) is 20.1 Å². The van der Waals surface area contributed by atoms with E-state index in [0.717, 1.165) is 31.0 Å². The Kier molecular flexibility index (Phi) is 3.97. The van der Waals surface area contributed by atoms with Gasteiger partial charge in [-0.3, -0.25) is 9.89 Å². The van der Waals surface area contributed by atoms with Crippen molar-refractivity contribution >= 4 is 5.91 Å². The third kappa shape index (κ3) is 3.10. The lowest BCUT2D eigenvalue weighted by molar-refractivity contribution is -0.134. The first-order valence-electron chi connectivity index (χ1n) is 8.02. The number of H-pyrrole nitrogens is 1. The van der Waals surface area contributed by atoms with Crippen LogP contribution in [-0.4, -0.2) is 45.1 Å². The van der Waals surface area contributed by atoms with Gasteiger partial charge in [0.05, 0.1) is 6.04 Å². The van der Waals surface area contributed by atoms with E-state index in [1.807, 2.05) is 18.7 Å². The van der Waals surface area contributed by atoms with E-state index >= 15 is 0 Å². The van der Waals surface area contributed by atoms with Crippen LogP contribution in [-0.2, 0) is 4.79 Å². The highest BCUT2D eigenvalue weighted by molar-refractivity contribution is 5.82. The van der Waals surface area contributed by atoms with Gasteiger partial charge in [0.15, 0.2) is 5.82 Å². The maximum atomic E-state index is 12.4. The van der Waals surface area contributed by atoms with Gasteiger partial charge in [0.1, 0.15) is 5.82 Å². The summed E-state index contributed by atoms with van der Waals surface area (Å²) in [7, 11) is 0. The first kappa shape index (κ1) is 14.5. The molecule has 1 unspecified atom stereocenters. The number of carbonyl (C=O) groups excluding carboxylic acids is 1. The van der Waals surface area contributed by atoms with Gasteiger partial charge >= 0.3 is 0 Å². The van der Waals surface area contributed by atoms with E-state index in [-0.39, 0.29) is 17.7 Å². The Balaban J connectivity index is 1.65. The highest BCUT2D eigenvalue weighted by Gasteiger charge is 2.32. The standard InChI is InChI=1S/C15H25N5O/c1-9(2)12(16)15(21)20-7-3-4-11(8-20)14-17-13(18-19-14)10-5-6-10/h9-12H,3-8,16H2,1-2H3,(H,17,18,19)/t11?,12-/m0/s1. The number of aromatic nitrogens is 3. The van der Waals surface area contributed by atoms with Gasteiger partial charge in [0.2, 0.25) is 5.91 Å². The molecule has 1 saturated heterocycles. The molecular formula is C15H25N5O. The molecule has 0 spiro atoms. The molecular weight excluding hydrogens is 266 g/mol. The molecule has 116 valence electrons. The number of nitrogens with one attached hydrogen (secondary N) is 1. The molecule has 2 fully saturated rings. The van der Waals surface area contributed by atoms with E-state index in [2.05, 4.69) is 15.2 Å². The van der Waals surface area contributed by atoms with E-state index in [1.165, 1.54) is 12.8 Å². The smallest absolute Gasteiger partial charge is 0.239 e. The Morgan fingerprint density at radius 2 is 2.10 bits per heavy atom. The van der Waals surface area contributed by atoms with Crippen molar-refractivity contribution in [3.63, 3.8) is 0 Å². The van der Waals surface area contributed by atoms with Gasteiger partial charge in [0, 0.05) is 24.9 Å². The van der Waals surface area contributed by atoms with Crippen molar-refractivity contribution < 1.29 is 4.79 Å². The molecule has 21 heavy (non-hydrogen) atoms. The maximum Gasteiger partial charge on any atom is 0.239 e. The number of likely N-dealkylation sites (tertiary alicyclic amines) is 1. The van der Waals surface area contributed by atoms with E-state index in [0.29, 0.717) is 12.5 Å². The van der Waals surface area contributed by atoms with Crippen molar-refractivity contribution in [2.75, 3.05) is 13.1 Å². The Bertz CT molecular complexity index is 508. The van der Waals surface area contributed by atoms with Crippen LogP contribution < -0.4 is 5.73 Å². The molecule has 2 atom stereocenters. The lowest BCUT2D eigenvalue weighted by Gasteiger charge is -2.34. The number of rotatable bonds is 4. The fourth-order valence-corrected chi connectivity index (χ4v) is 2.89. The summed E-state index contributed by atoms with van der Waals surface area (Å²) in [5.41, 5.74) is 6.00. The van der Waals surface area contributed by atoms with Crippen LogP contribution in [0.15, 0.2) is 0 Å². The molecule has 6 nitrogen and oxygen atoms in total. The Labute approximate surface area is 125 Å². The van der Waals surface area contributed by atoms with E-state index in [9.17, 15) is 4.79 Å². The van der Waals surface area contributed by atoms with Crippen molar-refractivity contribution in [2.24, 2.45) is 11.7 Å². The maximum absolute atomic E-state index is 12.4. The predicted molar refractivity (Wildman–Crippen MR) is 79.7 cm³/mol. The minimum absolute atomic E-state index is 0.0626. The molecule has 1 aliphatic heterocycles. The lowest BCUT2D eigenvalue weighted by Crippen LogP contribution is -2.49. The number of piperidine rings is 1. The average molecular weight is 291 g/mol. The number of aromatic amines is 1. The Morgan fingerprint density at radius 3 is 2.76 bits per heavy atom. The fraction of sp³-hybridized carbons (Fsp3) is 0.800. The predicted octanol–water partition coefficient (Wildman–Crippen LogP) is 1.37. The molecule has 2 aliphatic rings. The number of hydrogen-bond donors (Lipinski definition) is 2. The van der Waals surface area contributed by atoms with Crippen molar-refractivity contribution in [3.8, 4) is 0 Å². The minimum atomic E-state index is -0.405. The van der Waals surface area contributed by atoms with Gasteiger partial charge in [-0.1, -0.05) is 13.8 Å². The molecule has 1 aliphatic carbocycles.